The minimum atomic E-state index is -4.63. The van der Waals surface area contributed by atoms with Gasteiger partial charge in [0.2, 0.25) is 5.91 Å². The highest BCUT2D eigenvalue weighted by Gasteiger charge is 2.23. The van der Waals surface area contributed by atoms with Crippen LogP contribution in [0.2, 0.25) is 0 Å². The molecule has 0 spiro atoms. The van der Waals surface area contributed by atoms with Gasteiger partial charge in [-0.3, -0.25) is 9.36 Å². The second-order valence-electron chi connectivity index (χ2n) is 21.7. The molecular formula is C66H117N2O6P. The molecule has 0 radical (unpaired) electrons. The van der Waals surface area contributed by atoms with E-state index in [2.05, 4.69) is 116 Å². The van der Waals surface area contributed by atoms with Crippen molar-refractivity contribution in [1.82, 2.24) is 5.32 Å². The predicted octanol–water partition coefficient (Wildman–Crippen LogP) is 18.5. The average Bonchev–Trinajstić information content (AvgIpc) is 3.37. The van der Waals surface area contributed by atoms with Crippen molar-refractivity contribution in [2.45, 2.75) is 264 Å². The van der Waals surface area contributed by atoms with Gasteiger partial charge in [-0.05, 0) is 96.3 Å². The Bertz CT molecular complexity index is 1590. The molecule has 0 aliphatic heterocycles. The Hall–Kier alpha value is -2.84. The molecule has 0 bridgehead atoms. The molecular weight excluding hydrogens is 948 g/mol. The fraction of sp³-hybridized carbons (Fsp3) is 0.712. The van der Waals surface area contributed by atoms with E-state index in [9.17, 15) is 19.4 Å². The molecule has 0 aliphatic carbocycles. The molecule has 1 amide bonds. The van der Waals surface area contributed by atoms with E-state index in [0.29, 0.717) is 23.9 Å². The number of rotatable bonds is 55. The average molecular weight is 1070 g/mol. The molecule has 75 heavy (non-hydrogen) atoms. The number of likely N-dealkylation sites (N-methyl/N-ethyl adjacent to an activating group) is 1. The number of quaternary nitrogens is 1. The molecule has 432 valence electrons. The summed E-state index contributed by atoms with van der Waals surface area (Å²) in [5, 5.41) is 13.8. The van der Waals surface area contributed by atoms with Crippen molar-refractivity contribution in [3.63, 3.8) is 0 Å². The Morgan fingerprint density at radius 1 is 0.480 bits per heavy atom. The first-order valence-electron chi connectivity index (χ1n) is 30.7. The molecule has 0 aliphatic rings. The summed E-state index contributed by atoms with van der Waals surface area (Å²) in [6, 6.07) is -0.942. The third-order valence-electron chi connectivity index (χ3n) is 13.2. The van der Waals surface area contributed by atoms with E-state index in [-0.39, 0.29) is 18.9 Å². The van der Waals surface area contributed by atoms with Gasteiger partial charge in [-0.2, -0.15) is 0 Å². The lowest BCUT2D eigenvalue weighted by molar-refractivity contribution is -0.870. The van der Waals surface area contributed by atoms with Crippen LogP contribution in [0.1, 0.15) is 251 Å². The number of aliphatic hydroxyl groups is 1. The molecule has 0 aromatic heterocycles. The van der Waals surface area contributed by atoms with Gasteiger partial charge in [-0.15, -0.1) is 0 Å². The van der Waals surface area contributed by atoms with E-state index in [1.54, 1.807) is 6.08 Å². The Morgan fingerprint density at radius 3 is 1.24 bits per heavy atom. The minimum Gasteiger partial charge on any atom is -0.756 e. The van der Waals surface area contributed by atoms with Gasteiger partial charge in [0.1, 0.15) is 13.2 Å². The van der Waals surface area contributed by atoms with Crippen molar-refractivity contribution in [2.75, 3.05) is 40.9 Å². The topological polar surface area (TPSA) is 108 Å². The SMILES string of the molecule is CC/C=C\C/C=C\C/C=C\C/C=C\C/C=C\C/C=C\CCCCC(=O)NC(COP(=O)([O-])OCC[N+](C)(C)C)C(O)/C=C/CC/C=C/CC/C=C/CCCCCCCCCCCCCCCCCCCCCCCC. The number of nitrogens with one attached hydrogen (secondary N) is 1. The van der Waals surface area contributed by atoms with E-state index in [1.165, 1.54) is 148 Å². The largest absolute Gasteiger partial charge is 0.756 e. The number of phosphoric acid groups is 1. The summed E-state index contributed by atoms with van der Waals surface area (Å²) in [5.74, 6) is -0.256. The van der Waals surface area contributed by atoms with Crippen LogP contribution in [-0.4, -0.2) is 68.5 Å². The highest BCUT2D eigenvalue weighted by atomic mass is 31.2. The molecule has 0 saturated heterocycles. The summed E-state index contributed by atoms with van der Waals surface area (Å²) >= 11 is 0. The lowest BCUT2D eigenvalue weighted by Gasteiger charge is -2.29. The number of amides is 1. The maximum Gasteiger partial charge on any atom is 0.268 e. The van der Waals surface area contributed by atoms with Gasteiger partial charge in [-0.25, -0.2) is 0 Å². The van der Waals surface area contributed by atoms with Crippen LogP contribution in [-0.2, 0) is 18.4 Å². The number of unbranched alkanes of at least 4 members (excludes halogenated alkanes) is 26. The lowest BCUT2D eigenvalue weighted by Crippen LogP contribution is -2.45. The van der Waals surface area contributed by atoms with Crippen molar-refractivity contribution in [2.24, 2.45) is 0 Å². The number of carbonyl (C=O) groups excluding carboxylic acids is 1. The third-order valence-corrected chi connectivity index (χ3v) is 14.2. The summed E-state index contributed by atoms with van der Waals surface area (Å²) in [6.45, 7) is 4.48. The smallest absolute Gasteiger partial charge is 0.268 e. The van der Waals surface area contributed by atoms with E-state index in [0.717, 1.165) is 70.6 Å². The molecule has 0 heterocycles. The number of phosphoric ester groups is 1. The highest BCUT2D eigenvalue weighted by Crippen LogP contribution is 2.38. The monoisotopic (exact) mass is 1060 g/mol. The maximum absolute atomic E-state index is 12.9. The van der Waals surface area contributed by atoms with Crippen molar-refractivity contribution in [3.8, 4) is 0 Å². The van der Waals surface area contributed by atoms with E-state index in [4.69, 9.17) is 9.05 Å². The number of carbonyl (C=O) groups is 1. The normalized spacial score (nSPS) is 14.6. The van der Waals surface area contributed by atoms with Crippen LogP contribution >= 0.6 is 7.82 Å². The zero-order valence-corrected chi connectivity index (χ0v) is 50.1. The fourth-order valence-electron chi connectivity index (χ4n) is 8.42. The fourth-order valence-corrected chi connectivity index (χ4v) is 9.15. The molecule has 0 saturated carbocycles. The third kappa shape index (κ3) is 58.7. The van der Waals surface area contributed by atoms with Gasteiger partial charge in [0.25, 0.3) is 7.82 Å². The molecule has 0 rings (SSSR count). The van der Waals surface area contributed by atoms with Gasteiger partial charge in [0, 0.05) is 6.42 Å². The summed E-state index contributed by atoms with van der Waals surface area (Å²) in [5.41, 5.74) is 0. The number of hydrogen-bond donors (Lipinski definition) is 2. The molecule has 2 N–H and O–H groups in total. The second kappa shape index (κ2) is 55.9. The Balaban J connectivity index is 4.29. The summed E-state index contributed by atoms with van der Waals surface area (Å²) in [7, 11) is 1.19. The summed E-state index contributed by atoms with van der Waals surface area (Å²) in [6.07, 6.45) is 82.0. The van der Waals surface area contributed by atoms with Crippen LogP contribution in [0.15, 0.2) is 109 Å². The van der Waals surface area contributed by atoms with Crippen molar-refractivity contribution >= 4 is 13.7 Å². The van der Waals surface area contributed by atoms with Crippen LogP contribution in [0.5, 0.6) is 0 Å². The van der Waals surface area contributed by atoms with Crippen LogP contribution in [0.3, 0.4) is 0 Å². The predicted molar refractivity (Wildman–Crippen MR) is 325 cm³/mol. The number of nitrogens with zero attached hydrogens (tertiary/aromatic N) is 1. The molecule has 3 atom stereocenters. The molecule has 0 fully saturated rings. The van der Waals surface area contributed by atoms with Crippen LogP contribution in [0, 0.1) is 0 Å². The van der Waals surface area contributed by atoms with Crippen molar-refractivity contribution < 1.29 is 32.9 Å². The van der Waals surface area contributed by atoms with E-state index < -0.39 is 26.6 Å². The molecule has 9 heteroatoms. The zero-order valence-electron chi connectivity index (χ0n) is 49.2. The van der Waals surface area contributed by atoms with Gasteiger partial charge < -0.3 is 28.8 Å². The van der Waals surface area contributed by atoms with Gasteiger partial charge >= 0.3 is 0 Å². The van der Waals surface area contributed by atoms with E-state index in [1.807, 2.05) is 27.2 Å². The first-order chi connectivity index (χ1) is 36.5. The standard InChI is InChI=1S/C66H117N2O6P/c1-6-8-10-12-14-16-18-20-22-24-26-28-29-30-31-32-33-34-35-36-37-38-40-41-43-45-47-49-51-53-55-57-59-65(69)64(63-74-75(71,72)73-62-61-68(3,4)5)67-66(70)60-58-56-54-52-50-48-46-44-42-39-27-25-23-21-19-17-15-13-11-9-7-2/h9,11,15,17,21,23,27,39,41,43-44,46,49-52,57,59,64-65,69H,6-8,10,12-14,16,18-20,22,24-26,28-38,40,42,45,47-48,53-56,58,60-63H2,1-5H3,(H-,67,70,71,72)/b11-9-,17-15-,23-21-,39-27-,43-41+,46-44-,51-49+,52-50-,59-57+. The second-order valence-corrected chi connectivity index (χ2v) is 23.1. The van der Waals surface area contributed by atoms with Crippen molar-refractivity contribution in [3.05, 3.63) is 109 Å². The minimum absolute atomic E-state index is 0.0238. The quantitative estimate of drug-likeness (QED) is 0.0272. The first-order valence-corrected chi connectivity index (χ1v) is 32.2. The van der Waals surface area contributed by atoms with Crippen LogP contribution in [0.25, 0.3) is 0 Å². The highest BCUT2D eigenvalue weighted by molar-refractivity contribution is 7.45. The Kier molecular flexibility index (Phi) is 53.8. The maximum atomic E-state index is 12.9. The van der Waals surface area contributed by atoms with Crippen LogP contribution < -0.4 is 10.2 Å². The Morgan fingerprint density at radius 2 is 0.827 bits per heavy atom. The summed E-state index contributed by atoms with van der Waals surface area (Å²) < 4.78 is 23.3. The van der Waals surface area contributed by atoms with Gasteiger partial charge in [0.15, 0.2) is 0 Å². The number of hydrogen-bond acceptors (Lipinski definition) is 6. The van der Waals surface area contributed by atoms with Crippen molar-refractivity contribution in [1.29, 1.82) is 0 Å². The summed E-state index contributed by atoms with van der Waals surface area (Å²) in [4.78, 5) is 25.5. The molecule has 0 aromatic rings. The molecule has 3 unspecified atom stereocenters. The lowest BCUT2D eigenvalue weighted by atomic mass is 10.0. The van der Waals surface area contributed by atoms with Crippen LogP contribution in [0.4, 0.5) is 0 Å². The zero-order chi connectivity index (χ0) is 54.9. The Labute approximate surface area is 463 Å². The van der Waals surface area contributed by atoms with Gasteiger partial charge in [0.05, 0.1) is 39.9 Å². The number of aliphatic hydroxyl groups excluding tert-OH is 1. The number of allylic oxidation sites excluding steroid dienone is 17. The van der Waals surface area contributed by atoms with Gasteiger partial charge in [-0.1, -0.05) is 258 Å². The van der Waals surface area contributed by atoms with E-state index >= 15 is 0 Å². The first kappa shape index (κ1) is 72.2. The molecule has 0 aromatic carbocycles. The molecule has 8 nitrogen and oxygen atoms in total.